The van der Waals surface area contributed by atoms with Crippen molar-refractivity contribution in [1.29, 1.82) is 0 Å². The molecule has 0 bridgehead atoms. The molecule has 1 nitrogen and oxygen atoms in total. The third-order valence-electron chi connectivity index (χ3n) is 2.59. The minimum atomic E-state index is -2.93. The number of halogens is 2. The molecule has 17 heavy (non-hydrogen) atoms. The summed E-state index contributed by atoms with van der Waals surface area (Å²) in [6.45, 7) is 1.51. The Morgan fingerprint density at radius 3 is 1.94 bits per heavy atom. The molecule has 2 rings (SSSR count). The van der Waals surface area contributed by atoms with Crippen molar-refractivity contribution >= 4 is 17.8 Å². The average molecular weight is 252 g/mol. The van der Waals surface area contributed by atoms with Gasteiger partial charge in [0.15, 0.2) is 0 Å². The van der Waals surface area contributed by atoms with E-state index in [2.05, 4.69) is 0 Å². The molecule has 0 heterocycles. The Hall–Kier alpha value is -1.47. The van der Waals surface area contributed by atoms with Gasteiger partial charge in [-0.3, -0.25) is 0 Å². The average Bonchev–Trinajstić information content (AvgIpc) is 2.29. The molecule has 0 aliphatic carbocycles. The van der Waals surface area contributed by atoms with Crippen LogP contribution < -0.4 is 10.6 Å². The number of benzene rings is 2. The summed E-state index contributed by atoms with van der Waals surface area (Å²) in [4.78, 5) is 0. The van der Waals surface area contributed by atoms with E-state index < -0.39 is 18.8 Å². The minimum absolute atomic E-state index is 0.196. The lowest BCUT2D eigenvalue weighted by molar-refractivity contribution is 0.579. The summed E-state index contributed by atoms with van der Waals surface area (Å²) in [7, 11) is -2.93. The van der Waals surface area contributed by atoms with Crippen molar-refractivity contribution in [2.24, 2.45) is 0 Å². The SMILES string of the molecule is CP(=O)(c1ccccc1)c1cc(F)cc(F)c1. The first-order valence-electron chi connectivity index (χ1n) is 5.10. The van der Waals surface area contributed by atoms with Crippen molar-refractivity contribution in [2.45, 2.75) is 0 Å². The molecule has 0 aliphatic rings. The molecule has 0 aromatic heterocycles. The molecule has 0 amide bonds. The highest BCUT2D eigenvalue weighted by molar-refractivity contribution is 7.78. The van der Waals surface area contributed by atoms with Gasteiger partial charge in [-0.05, 0) is 18.8 Å². The normalized spacial score (nSPS) is 14.3. The van der Waals surface area contributed by atoms with Crippen molar-refractivity contribution in [2.75, 3.05) is 6.66 Å². The molecule has 0 saturated carbocycles. The van der Waals surface area contributed by atoms with Crippen LogP contribution in [0.25, 0.3) is 0 Å². The molecule has 88 valence electrons. The topological polar surface area (TPSA) is 17.1 Å². The molecule has 0 fully saturated rings. The number of hydrogen-bond donors (Lipinski definition) is 0. The number of rotatable bonds is 2. The van der Waals surface area contributed by atoms with Gasteiger partial charge >= 0.3 is 0 Å². The van der Waals surface area contributed by atoms with Crippen molar-refractivity contribution in [3.8, 4) is 0 Å². The predicted octanol–water partition coefficient (Wildman–Crippen LogP) is 2.91. The first kappa shape index (κ1) is 12.0. The Bertz CT molecular complexity index is 561. The Morgan fingerprint density at radius 1 is 0.882 bits per heavy atom. The van der Waals surface area contributed by atoms with Crippen LogP contribution in [0.2, 0.25) is 0 Å². The van der Waals surface area contributed by atoms with E-state index in [1.54, 1.807) is 30.3 Å². The second-order valence-corrected chi connectivity index (χ2v) is 6.77. The van der Waals surface area contributed by atoms with Gasteiger partial charge < -0.3 is 4.57 Å². The lowest BCUT2D eigenvalue weighted by Gasteiger charge is -2.13. The molecule has 1 unspecified atom stereocenters. The van der Waals surface area contributed by atoms with E-state index in [0.29, 0.717) is 5.30 Å². The maximum Gasteiger partial charge on any atom is 0.140 e. The third-order valence-corrected chi connectivity index (χ3v) is 5.12. The van der Waals surface area contributed by atoms with Crippen LogP contribution in [0.1, 0.15) is 0 Å². The van der Waals surface area contributed by atoms with E-state index >= 15 is 0 Å². The highest BCUT2D eigenvalue weighted by Crippen LogP contribution is 2.38. The third kappa shape index (κ3) is 2.45. The van der Waals surface area contributed by atoms with Crippen LogP contribution in [0.5, 0.6) is 0 Å². The lowest BCUT2D eigenvalue weighted by Crippen LogP contribution is -2.15. The van der Waals surface area contributed by atoms with Crippen LogP contribution >= 0.6 is 7.14 Å². The summed E-state index contributed by atoms with van der Waals surface area (Å²) in [5.41, 5.74) is 0. The van der Waals surface area contributed by atoms with Gasteiger partial charge in [0.05, 0.1) is 0 Å². The Labute approximate surface area is 98.5 Å². The fourth-order valence-electron chi connectivity index (χ4n) is 1.65. The van der Waals surface area contributed by atoms with Crippen LogP contribution in [-0.2, 0) is 4.57 Å². The zero-order chi connectivity index (χ0) is 12.5. The second-order valence-electron chi connectivity index (χ2n) is 3.89. The molecule has 1 atom stereocenters. The van der Waals surface area contributed by atoms with E-state index in [9.17, 15) is 13.3 Å². The summed E-state index contributed by atoms with van der Waals surface area (Å²) in [6, 6.07) is 11.7. The Kier molecular flexibility index (Phi) is 3.12. The van der Waals surface area contributed by atoms with E-state index in [-0.39, 0.29) is 5.30 Å². The van der Waals surface area contributed by atoms with Gasteiger partial charge in [-0.2, -0.15) is 0 Å². The highest BCUT2D eigenvalue weighted by atomic mass is 31.2. The van der Waals surface area contributed by atoms with Gasteiger partial charge in [0.25, 0.3) is 0 Å². The standard InChI is InChI=1S/C13H11F2OP/c1-17(16,12-5-3-2-4-6-12)13-8-10(14)7-11(15)9-13/h2-9H,1H3. The summed E-state index contributed by atoms with van der Waals surface area (Å²) >= 11 is 0. The van der Waals surface area contributed by atoms with Gasteiger partial charge in [-0.25, -0.2) is 8.78 Å². The predicted molar refractivity (Wildman–Crippen MR) is 65.6 cm³/mol. The van der Waals surface area contributed by atoms with E-state index in [1.807, 2.05) is 0 Å². The molecule has 0 radical (unpaired) electrons. The first-order chi connectivity index (χ1) is 8.00. The maximum absolute atomic E-state index is 13.1. The molecule has 2 aromatic rings. The molecule has 0 N–H and O–H groups in total. The molecule has 4 heteroatoms. The van der Waals surface area contributed by atoms with Crippen molar-refractivity contribution in [1.82, 2.24) is 0 Å². The zero-order valence-corrected chi connectivity index (χ0v) is 10.1. The van der Waals surface area contributed by atoms with Crippen LogP contribution in [0.3, 0.4) is 0 Å². The smallest absolute Gasteiger partial charge is 0.140 e. The highest BCUT2D eigenvalue weighted by Gasteiger charge is 2.22. The van der Waals surface area contributed by atoms with Crippen LogP contribution in [-0.4, -0.2) is 6.66 Å². The monoisotopic (exact) mass is 252 g/mol. The molecule has 0 aliphatic heterocycles. The van der Waals surface area contributed by atoms with E-state index in [0.717, 1.165) is 18.2 Å². The van der Waals surface area contributed by atoms with E-state index in [1.165, 1.54) is 6.66 Å². The van der Waals surface area contributed by atoms with Gasteiger partial charge in [0.1, 0.15) is 18.8 Å². The van der Waals surface area contributed by atoms with Gasteiger partial charge in [-0.15, -0.1) is 0 Å². The van der Waals surface area contributed by atoms with Gasteiger partial charge in [-0.1, -0.05) is 30.3 Å². The quantitative estimate of drug-likeness (QED) is 0.751. The fraction of sp³-hybridized carbons (Fsp3) is 0.0769. The second kappa shape index (κ2) is 4.42. The minimum Gasteiger partial charge on any atom is -0.314 e. The van der Waals surface area contributed by atoms with Crippen LogP contribution in [0, 0.1) is 11.6 Å². The van der Waals surface area contributed by atoms with Gasteiger partial charge in [0, 0.05) is 16.7 Å². The number of hydrogen-bond acceptors (Lipinski definition) is 1. The summed E-state index contributed by atoms with van der Waals surface area (Å²) in [5, 5.41) is 0.784. The molecular weight excluding hydrogens is 241 g/mol. The molecule has 2 aromatic carbocycles. The zero-order valence-electron chi connectivity index (χ0n) is 9.23. The summed E-state index contributed by atoms with van der Waals surface area (Å²) in [5.74, 6) is -1.42. The molecule has 0 saturated heterocycles. The Morgan fingerprint density at radius 2 is 1.41 bits per heavy atom. The maximum atomic E-state index is 13.1. The summed E-state index contributed by atoms with van der Waals surface area (Å²) in [6.07, 6.45) is 0. The molecule has 0 spiro atoms. The summed E-state index contributed by atoms with van der Waals surface area (Å²) < 4.78 is 38.8. The largest absolute Gasteiger partial charge is 0.314 e. The van der Waals surface area contributed by atoms with Crippen molar-refractivity contribution in [3.63, 3.8) is 0 Å². The molecular formula is C13H11F2OP. The van der Waals surface area contributed by atoms with Gasteiger partial charge in [0.2, 0.25) is 0 Å². The lowest BCUT2D eigenvalue weighted by atomic mass is 10.3. The van der Waals surface area contributed by atoms with E-state index in [4.69, 9.17) is 0 Å². The van der Waals surface area contributed by atoms with Crippen LogP contribution in [0.15, 0.2) is 48.5 Å². The fourth-order valence-corrected chi connectivity index (χ4v) is 3.43. The van der Waals surface area contributed by atoms with Crippen LogP contribution in [0.4, 0.5) is 8.78 Å². The van der Waals surface area contributed by atoms with Crippen molar-refractivity contribution < 1.29 is 13.3 Å². The first-order valence-corrected chi connectivity index (χ1v) is 7.25. The Balaban J connectivity index is 2.56. The van der Waals surface area contributed by atoms with Crippen molar-refractivity contribution in [3.05, 3.63) is 60.2 Å².